The Morgan fingerprint density at radius 3 is 2.88 bits per heavy atom. The summed E-state index contributed by atoms with van der Waals surface area (Å²) in [7, 11) is -3.86. The monoisotopic (exact) mass is 381 g/mol. The molecule has 3 rings (SSSR count). The van der Waals surface area contributed by atoms with E-state index >= 15 is 0 Å². The van der Waals surface area contributed by atoms with Crippen molar-refractivity contribution in [3.63, 3.8) is 0 Å². The third kappa shape index (κ3) is 4.12. The van der Waals surface area contributed by atoms with Gasteiger partial charge in [0.2, 0.25) is 10.0 Å². The van der Waals surface area contributed by atoms with Crippen LogP contribution in [0.1, 0.15) is 29.0 Å². The molecule has 2 aromatic rings. The van der Waals surface area contributed by atoms with Crippen LogP contribution < -0.4 is 10.5 Å². The van der Waals surface area contributed by atoms with E-state index in [2.05, 4.69) is 4.72 Å². The van der Waals surface area contributed by atoms with Crippen LogP contribution in [0.2, 0.25) is 0 Å². The molecule has 1 aliphatic rings. The molecular weight excluding hydrogens is 361 g/mol. The number of piperidine rings is 1. The number of carbonyl (C=O) groups excluding carboxylic acids is 1. The first-order valence-electron chi connectivity index (χ1n) is 8.23. The molecule has 0 aliphatic carbocycles. The fraction of sp³-hybridized carbons (Fsp3) is 0.353. The Morgan fingerprint density at radius 2 is 2.19 bits per heavy atom. The molecule has 1 unspecified atom stereocenters. The summed E-state index contributed by atoms with van der Waals surface area (Å²) in [4.78, 5) is 14.0. The molecule has 1 aliphatic heterocycles. The van der Waals surface area contributed by atoms with E-state index in [0.717, 1.165) is 6.07 Å². The molecule has 1 atom stereocenters. The third-order valence-corrected chi connectivity index (χ3v) is 5.76. The number of nitrogens with one attached hydrogen (secondary N) is 1. The molecule has 0 radical (unpaired) electrons. The first-order valence-corrected chi connectivity index (χ1v) is 9.72. The van der Waals surface area contributed by atoms with Crippen molar-refractivity contribution in [2.45, 2.75) is 30.3 Å². The summed E-state index contributed by atoms with van der Waals surface area (Å²) in [5.41, 5.74) is 5.87. The molecule has 26 heavy (non-hydrogen) atoms. The number of nitrogens with zero attached hydrogens (tertiary/aromatic N) is 1. The van der Waals surface area contributed by atoms with Crippen LogP contribution in [0.5, 0.6) is 0 Å². The Kier molecular flexibility index (Phi) is 5.40. The number of furan rings is 1. The quantitative estimate of drug-likeness (QED) is 0.816. The Morgan fingerprint density at radius 1 is 1.38 bits per heavy atom. The summed E-state index contributed by atoms with van der Waals surface area (Å²) >= 11 is 0. The van der Waals surface area contributed by atoms with Gasteiger partial charge in [-0.25, -0.2) is 17.5 Å². The second kappa shape index (κ2) is 7.56. The van der Waals surface area contributed by atoms with Gasteiger partial charge < -0.3 is 15.1 Å². The Balaban J connectivity index is 1.69. The van der Waals surface area contributed by atoms with Crippen molar-refractivity contribution in [2.24, 2.45) is 5.73 Å². The smallest absolute Gasteiger partial charge is 0.257 e. The summed E-state index contributed by atoms with van der Waals surface area (Å²) in [5.74, 6) is -0.346. The van der Waals surface area contributed by atoms with Crippen LogP contribution in [-0.4, -0.2) is 38.4 Å². The maximum absolute atomic E-state index is 13.3. The van der Waals surface area contributed by atoms with Gasteiger partial charge in [-0.2, -0.15) is 0 Å². The summed E-state index contributed by atoms with van der Waals surface area (Å²) < 4.78 is 45.9. The minimum Gasteiger partial charge on any atom is -0.467 e. The molecule has 7 nitrogen and oxygen atoms in total. The number of nitrogens with two attached hydrogens (primary N) is 1. The first kappa shape index (κ1) is 18.6. The minimum atomic E-state index is -3.86. The fourth-order valence-electron chi connectivity index (χ4n) is 2.96. The highest BCUT2D eigenvalue weighted by atomic mass is 32.2. The summed E-state index contributed by atoms with van der Waals surface area (Å²) in [6.07, 6.45) is 2.60. The zero-order valence-corrected chi connectivity index (χ0v) is 14.8. The van der Waals surface area contributed by atoms with Gasteiger partial charge in [-0.15, -0.1) is 0 Å². The Bertz CT molecular complexity index is 897. The number of likely N-dealkylation sites (tertiary alicyclic amines) is 1. The van der Waals surface area contributed by atoms with Gasteiger partial charge in [0.05, 0.1) is 17.0 Å². The molecule has 1 aromatic carbocycles. The van der Waals surface area contributed by atoms with Crippen LogP contribution in [-0.2, 0) is 16.6 Å². The highest BCUT2D eigenvalue weighted by Crippen LogP contribution is 2.18. The van der Waals surface area contributed by atoms with Crippen molar-refractivity contribution in [3.05, 3.63) is 53.7 Å². The van der Waals surface area contributed by atoms with Crippen LogP contribution in [0.3, 0.4) is 0 Å². The minimum absolute atomic E-state index is 0.136. The van der Waals surface area contributed by atoms with E-state index < -0.39 is 21.9 Å². The summed E-state index contributed by atoms with van der Waals surface area (Å²) in [6.45, 7) is 0.958. The molecule has 1 saturated heterocycles. The molecule has 140 valence electrons. The third-order valence-electron chi connectivity index (χ3n) is 4.24. The molecule has 0 bridgehead atoms. The molecule has 1 aromatic heterocycles. The van der Waals surface area contributed by atoms with E-state index in [0.29, 0.717) is 30.7 Å². The largest absolute Gasteiger partial charge is 0.467 e. The van der Waals surface area contributed by atoms with Gasteiger partial charge in [0.1, 0.15) is 17.8 Å². The Hall–Kier alpha value is -2.23. The van der Waals surface area contributed by atoms with E-state index in [9.17, 15) is 17.6 Å². The zero-order chi connectivity index (χ0) is 18.7. The van der Waals surface area contributed by atoms with Crippen molar-refractivity contribution in [1.29, 1.82) is 0 Å². The number of hydrogen-bond acceptors (Lipinski definition) is 5. The highest BCUT2D eigenvalue weighted by Gasteiger charge is 2.28. The molecule has 0 saturated carbocycles. The van der Waals surface area contributed by atoms with E-state index in [1.807, 2.05) is 0 Å². The number of sulfonamides is 1. The van der Waals surface area contributed by atoms with Crippen molar-refractivity contribution >= 4 is 15.9 Å². The molecule has 3 N–H and O–H groups in total. The number of benzene rings is 1. The number of amides is 1. The van der Waals surface area contributed by atoms with Gasteiger partial charge in [0.25, 0.3) is 5.91 Å². The lowest BCUT2D eigenvalue weighted by Gasteiger charge is -2.32. The van der Waals surface area contributed by atoms with Crippen LogP contribution >= 0.6 is 0 Å². The second-order valence-electron chi connectivity index (χ2n) is 6.17. The van der Waals surface area contributed by atoms with Crippen LogP contribution in [0.25, 0.3) is 0 Å². The number of carbonyl (C=O) groups is 1. The zero-order valence-electron chi connectivity index (χ0n) is 14.0. The maximum Gasteiger partial charge on any atom is 0.257 e. The average Bonchev–Trinajstić information content (AvgIpc) is 3.10. The molecule has 2 heterocycles. The predicted molar refractivity (Wildman–Crippen MR) is 92.2 cm³/mol. The standard InChI is InChI=1S/C17H20FN3O4S/c18-13-3-1-5-16(8-13)26(23,24)20-14-4-2-6-21(10-14)17(22)12-7-15(9-19)25-11-12/h1,3,5,7-8,11,14,20H,2,4,6,9-10,19H2. The van der Waals surface area contributed by atoms with Gasteiger partial charge in [-0.3, -0.25) is 4.79 Å². The molecule has 1 amide bonds. The van der Waals surface area contributed by atoms with Crippen LogP contribution in [0.15, 0.2) is 45.9 Å². The topological polar surface area (TPSA) is 106 Å². The Labute approximate surface area is 151 Å². The van der Waals surface area contributed by atoms with E-state index in [4.69, 9.17) is 10.2 Å². The van der Waals surface area contributed by atoms with E-state index in [-0.39, 0.29) is 23.9 Å². The number of hydrogen-bond donors (Lipinski definition) is 2. The normalized spacial score (nSPS) is 18.1. The summed E-state index contributed by atoms with van der Waals surface area (Å²) in [5, 5.41) is 0. The second-order valence-corrected chi connectivity index (χ2v) is 7.89. The highest BCUT2D eigenvalue weighted by molar-refractivity contribution is 7.89. The summed E-state index contributed by atoms with van der Waals surface area (Å²) in [6, 6.07) is 5.96. The van der Waals surface area contributed by atoms with Crippen molar-refractivity contribution < 1.29 is 22.0 Å². The molecule has 0 spiro atoms. The molecule has 9 heteroatoms. The SMILES string of the molecule is NCc1cc(C(=O)N2CCCC(NS(=O)(=O)c3cccc(F)c3)C2)co1. The van der Waals surface area contributed by atoms with Gasteiger partial charge in [-0.05, 0) is 37.1 Å². The van der Waals surface area contributed by atoms with Crippen LogP contribution in [0, 0.1) is 5.82 Å². The van der Waals surface area contributed by atoms with Crippen molar-refractivity contribution in [3.8, 4) is 0 Å². The van der Waals surface area contributed by atoms with Gasteiger partial charge in [-0.1, -0.05) is 6.07 Å². The van der Waals surface area contributed by atoms with E-state index in [1.54, 1.807) is 11.0 Å². The van der Waals surface area contributed by atoms with Gasteiger partial charge in [0, 0.05) is 19.1 Å². The molecular formula is C17H20FN3O4S. The number of rotatable bonds is 5. The van der Waals surface area contributed by atoms with E-state index in [1.165, 1.54) is 24.5 Å². The lowest BCUT2D eigenvalue weighted by molar-refractivity contribution is 0.0702. The maximum atomic E-state index is 13.3. The molecule has 1 fully saturated rings. The van der Waals surface area contributed by atoms with Gasteiger partial charge >= 0.3 is 0 Å². The average molecular weight is 381 g/mol. The fourth-order valence-corrected chi connectivity index (χ4v) is 4.25. The van der Waals surface area contributed by atoms with Crippen molar-refractivity contribution in [2.75, 3.05) is 13.1 Å². The lowest BCUT2D eigenvalue weighted by atomic mass is 10.1. The number of halogens is 1. The first-order chi connectivity index (χ1) is 12.4. The van der Waals surface area contributed by atoms with Crippen molar-refractivity contribution in [1.82, 2.24) is 9.62 Å². The van der Waals surface area contributed by atoms with Crippen LogP contribution in [0.4, 0.5) is 4.39 Å². The van der Waals surface area contributed by atoms with Gasteiger partial charge in [0.15, 0.2) is 0 Å². The predicted octanol–water partition coefficient (Wildman–Crippen LogP) is 1.46. The lowest BCUT2D eigenvalue weighted by Crippen LogP contribution is -2.49.